The SMILES string of the molecule is CCCCCCCCCCC(O)C1CN(C)CCO1. The zero-order valence-corrected chi connectivity index (χ0v) is 12.9. The lowest BCUT2D eigenvalue weighted by molar-refractivity contribution is -0.0854. The van der Waals surface area contributed by atoms with Crippen LogP contribution in [0.5, 0.6) is 0 Å². The molecule has 2 unspecified atom stereocenters. The maximum absolute atomic E-state index is 10.1. The molecule has 0 aromatic carbocycles. The fourth-order valence-electron chi connectivity index (χ4n) is 2.72. The number of morpholine rings is 1. The standard InChI is InChI=1S/C16H33NO2/c1-3-4-5-6-7-8-9-10-11-15(18)16-14-17(2)12-13-19-16/h15-16,18H,3-14H2,1-2H3. The summed E-state index contributed by atoms with van der Waals surface area (Å²) < 4.78 is 5.64. The molecule has 3 heteroatoms. The Labute approximate surface area is 119 Å². The van der Waals surface area contributed by atoms with Crippen LogP contribution >= 0.6 is 0 Å². The number of nitrogens with zero attached hydrogens (tertiary/aromatic N) is 1. The molecule has 0 amide bonds. The third-order valence-electron chi connectivity index (χ3n) is 4.08. The van der Waals surface area contributed by atoms with Gasteiger partial charge in [-0.3, -0.25) is 0 Å². The second kappa shape index (κ2) is 10.6. The molecule has 0 spiro atoms. The minimum Gasteiger partial charge on any atom is -0.390 e. The molecule has 114 valence electrons. The maximum Gasteiger partial charge on any atom is 0.0960 e. The van der Waals surface area contributed by atoms with Crippen LogP contribution in [-0.4, -0.2) is 49.0 Å². The van der Waals surface area contributed by atoms with Gasteiger partial charge in [-0.25, -0.2) is 0 Å². The summed E-state index contributed by atoms with van der Waals surface area (Å²) >= 11 is 0. The van der Waals surface area contributed by atoms with Crippen LogP contribution in [-0.2, 0) is 4.74 Å². The van der Waals surface area contributed by atoms with Crippen LogP contribution in [0, 0.1) is 0 Å². The summed E-state index contributed by atoms with van der Waals surface area (Å²) in [5, 5.41) is 10.1. The summed E-state index contributed by atoms with van der Waals surface area (Å²) in [6.45, 7) is 4.88. The van der Waals surface area contributed by atoms with Gasteiger partial charge in [-0.05, 0) is 13.5 Å². The first kappa shape index (κ1) is 16.9. The van der Waals surface area contributed by atoms with Crippen molar-refractivity contribution in [2.75, 3.05) is 26.7 Å². The van der Waals surface area contributed by atoms with Crippen LogP contribution in [0.2, 0.25) is 0 Å². The van der Waals surface area contributed by atoms with Gasteiger partial charge in [0.15, 0.2) is 0 Å². The quantitative estimate of drug-likeness (QED) is 0.619. The number of aliphatic hydroxyl groups excluding tert-OH is 1. The molecular weight excluding hydrogens is 238 g/mol. The smallest absolute Gasteiger partial charge is 0.0960 e. The van der Waals surface area contributed by atoms with E-state index in [-0.39, 0.29) is 12.2 Å². The van der Waals surface area contributed by atoms with Crippen molar-refractivity contribution < 1.29 is 9.84 Å². The normalized spacial score (nSPS) is 22.6. The van der Waals surface area contributed by atoms with Crippen molar-refractivity contribution in [1.29, 1.82) is 0 Å². The molecule has 1 aliphatic heterocycles. The Balaban J connectivity index is 1.93. The molecule has 0 aromatic rings. The summed E-state index contributed by atoms with van der Waals surface area (Å²) in [4.78, 5) is 2.24. The number of hydrogen-bond acceptors (Lipinski definition) is 3. The van der Waals surface area contributed by atoms with Gasteiger partial charge in [-0.1, -0.05) is 58.3 Å². The fourth-order valence-corrected chi connectivity index (χ4v) is 2.72. The first-order valence-electron chi connectivity index (χ1n) is 8.22. The minimum atomic E-state index is -0.275. The van der Waals surface area contributed by atoms with E-state index in [1.165, 1.54) is 44.9 Å². The highest BCUT2D eigenvalue weighted by Gasteiger charge is 2.24. The van der Waals surface area contributed by atoms with Gasteiger partial charge in [0.1, 0.15) is 0 Å². The van der Waals surface area contributed by atoms with E-state index in [4.69, 9.17) is 4.74 Å². The van der Waals surface area contributed by atoms with Gasteiger partial charge in [0, 0.05) is 13.1 Å². The largest absolute Gasteiger partial charge is 0.390 e. The lowest BCUT2D eigenvalue weighted by atomic mass is 10.0. The lowest BCUT2D eigenvalue weighted by Gasteiger charge is -2.32. The molecule has 3 nitrogen and oxygen atoms in total. The van der Waals surface area contributed by atoms with Crippen molar-refractivity contribution >= 4 is 0 Å². The highest BCUT2D eigenvalue weighted by Crippen LogP contribution is 2.15. The molecule has 0 aromatic heterocycles. The van der Waals surface area contributed by atoms with E-state index in [1.807, 2.05) is 0 Å². The summed E-state index contributed by atoms with van der Waals surface area (Å²) in [6, 6.07) is 0. The highest BCUT2D eigenvalue weighted by atomic mass is 16.5. The van der Waals surface area contributed by atoms with Crippen LogP contribution in [0.1, 0.15) is 64.7 Å². The van der Waals surface area contributed by atoms with Crippen molar-refractivity contribution in [2.45, 2.75) is 76.9 Å². The predicted molar refractivity (Wildman–Crippen MR) is 80.5 cm³/mol. The summed E-state index contributed by atoms with van der Waals surface area (Å²) in [7, 11) is 2.10. The first-order chi connectivity index (χ1) is 9.24. The van der Waals surface area contributed by atoms with Gasteiger partial charge in [-0.2, -0.15) is 0 Å². The zero-order chi connectivity index (χ0) is 13.9. The molecule has 1 fully saturated rings. The van der Waals surface area contributed by atoms with Crippen molar-refractivity contribution in [3.8, 4) is 0 Å². The third-order valence-corrected chi connectivity index (χ3v) is 4.08. The Hall–Kier alpha value is -0.120. The molecule has 1 aliphatic rings. The lowest BCUT2D eigenvalue weighted by Crippen LogP contribution is -2.45. The number of rotatable bonds is 10. The number of aliphatic hydroxyl groups is 1. The molecule has 19 heavy (non-hydrogen) atoms. The van der Waals surface area contributed by atoms with E-state index in [2.05, 4.69) is 18.9 Å². The summed E-state index contributed by atoms with van der Waals surface area (Å²) in [6.07, 6.45) is 11.2. The van der Waals surface area contributed by atoms with Crippen molar-refractivity contribution in [2.24, 2.45) is 0 Å². The Bertz CT molecular complexity index is 211. The van der Waals surface area contributed by atoms with E-state index in [0.717, 1.165) is 32.5 Å². The van der Waals surface area contributed by atoms with Crippen LogP contribution in [0.3, 0.4) is 0 Å². The highest BCUT2D eigenvalue weighted by molar-refractivity contribution is 4.76. The Kier molecular flexibility index (Phi) is 9.48. The third kappa shape index (κ3) is 7.91. The van der Waals surface area contributed by atoms with E-state index >= 15 is 0 Å². The monoisotopic (exact) mass is 271 g/mol. The molecule has 1 saturated heterocycles. The number of likely N-dealkylation sites (N-methyl/N-ethyl adjacent to an activating group) is 1. The van der Waals surface area contributed by atoms with Gasteiger partial charge in [-0.15, -0.1) is 0 Å². The van der Waals surface area contributed by atoms with Crippen LogP contribution < -0.4 is 0 Å². The topological polar surface area (TPSA) is 32.7 Å². The van der Waals surface area contributed by atoms with Crippen molar-refractivity contribution in [3.63, 3.8) is 0 Å². The van der Waals surface area contributed by atoms with Gasteiger partial charge in [0.05, 0.1) is 18.8 Å². The Morgan fingerprint density at radius 2 is 1.74 bits per heavy atom. The maximum atomic E-state index is 10.1. The predicted octanol–water partition coefficient (Wildman–Crippen LogP) is 3.21. The second-order valence-corrected chi connectivity index (χ2v) is 6.00. The molecule has 0 radical (unpaired) electrons. The van der Waals surface area contributed by atoms with Crippen LogP contribution in [0.25, 0.3) is 0 Å². The van der Waals surface area contributed by atoms with E-state index in [9.17, 15) is 5.11 Å². The molecule has 1 rings (SSSR count). The van der Waals surface area contributed by atoms with Crippen molar-refractivity contribution in [3.05, 3.63) is 0 Å². The molecular formula is C16H33NO2. The van der Waals surface area contributed by atoms with E-state index in [0.29, 0.717) is 0 Å². The van der Waals surface area contributed by atoms with E-state index < -0.39 is 0 Å². The summed E-state index contributed by atoms with van der Waals surface area (Å²) in [5.74, 6) is 0. The van der Waals surface area contributed by atoms with Crippen LogP contribution in [0.4, 0.5) is 0 Å². The van der Waals surface area contributed by atoms with Gasteiger partial charge in [0.25, 0.3) is 0 Å². The van der Waals surface area contributed by atoms with Gasteiger partial charge in [0.2, 0.25) is 0 Å². The minimum absolute atomic E-state index is 0.0308. The number of ether oxygens (including phenoxy) is 1. The Morgan fingerprint density at radius 3 is 2.37 bits per heavy atom. The summed E-state index contributed by atoms with van der Waals surface area (Å²) in [5.41, 5.74) is 0. The van der Waals surface area contributed by atoms with E-state index in [1.54, 1.807) is 0 Å². The molecule has 0 saturated carbocycles. The zero-order valence-electron chi connectivity index (χ0n) is 12.9. The second-order valence-electron chi connectivity index (χ2n) is 6.00. The van der Waals surface area contributed by atoms with Crippen molar-refractivity contribution in [1.82, 2.24) is 4.90 Å². The molecule has 0 aliphatic carbocycles. The molecule has 0 bridgehead atoms. The first-order valence-corrected chi connectivity index (χ1v) is 8.22. The molecule has 2 atom stereocenters. The van der Waals surface area contributed by atoms with Crippen LogP contribution in [0.15, 0.2) is 0 Å². The Morgan fingerprint density at radius 1 is 1.11 bits per heavy atom. The average molecular weight is 271 g/mol. The molecule has 1 N–H and O–H groups in total. The fraction of sp³-hybridized carbons (Fsp3) is 1.00. The van der Waals surface area contributed by atoms with Gasteiger partial charge < -0.3 is 14.7 Å². The number of unbranched alkanes of at least 4 members (excludes halogenated alkanes) is 7. The van der Waals surface area contributed by atoms with Gasteiger partial charge >= 0.3 is 0 Å². The number of hydrogen-bond donors (Lipinski definition) is 1. The average Bonchev–Trinajstić information content (AvgIpc) is 2.41. The molecule has 1 heterocycles.